The summed E-state index contributed by atoms with van der Waals surface area (Å²) >= 11 is -0.845. The van der Waals surface area contributed by atoms with Crippen LogP contribution in [0.3, 0.4) is 0 Å². The van der Waals surface area contributed by atoms with Gasteiger partial charge < -0.3 is 0 Å². The van der Waals surface area contributed by atoms with Crippen molar-refractivity contribution in [1.82, 2.24) is 0 Å². The topological polar surface area (TPSA) is 0 Å². The standard InChI is InChI=1S/C5H5.C4H7.CH3.Pt/c1-2-4-5-3-1;1-3-4-2;;/h1-3H,4H2;3-4H,1H2,2H3;1H3;. The summed E-state index contributed by atoms with van der Waals surface area (Å²) in [5, 5.41) is 2.43. The SMILES string of the molecule is C=C[CH](C)[Pt]([CH3])[C]1=CC=CC1. The maximum absolute atomic E-state index is 3.84. The van der Waals surface area contributed by atoms with Crippen molar-refractivity contribution in [2.24, 2.45) is 0 Å². The molecule has 0 bridgehead atoms. The van der Waals surface area contributed by atoms with E-state index in [4.69, 9.17) is 0 Å². The van der Waals surface area contributed by atoms with Crippen LogP contribution in [0.4, 0.5) is 0 Å². The fourth-order valence-corrected chi connectivity index (χ4v) is 4.84. The van der Waals surface area contributed by atoms with E-state index in [1.54, 1.807) is 3.96 Å². The van der Waals surface area contributed by atoms with Gasteiger partial charge in [0.05, 0.1) is 0 Å². The van der Waals surface area contributed by atoms with Gasteiger partial charge in [0.15, 0.2) is 0 Å². The minimum absolute atomic E-state index is 0.756. The van der Waals surface area contributed by atoms with Crippen molar-refractivity contribution in [3.8, 4) is 0 Å². The third-order valence-electron chi connectivity index (χ3n) is 1.77. The summed E-state index contributed by atoms with van der Waals surface area (Å²) < 4.78 is 2.45. The molecule has 1 unspecified atom stereocenters. The Morgan fingerprint density at radius 1 is 1.73 bits per heavy atom. The molecule has 0 N–H and O–H groups in total. The molecule has 11 heavy (non-hydrogen) atoms. The predicted molar refractivity (Wildman–Crippen MR) is 47.3 cm³/mol. The first-order chi connectivity index (χ1) is 5.25. The van der Waals surface area contributed by atoms with Crippen LogP contribution < -0.4 is 0 Å². The molecule has 0 fully saturated rings. The molecule has 0 saturated heterocycles. The van der Waals surface area contributed by atoms with Gasteiger partial charge in [0.25, 0.3) is 0 Å². The Morgan fingerprint density at radius 3 is 2.91 bits per heavy atom. The molecule has 0 radical (unpaired) electrons. The monoisotopic (exact) mass is 330 g/mol. The number of hydrogen-bond donors (Lipinski definition) is 0. The zero-order valence-corrected chi connectivity index (χ0v) is 9.39. The van der Waals surface area contributed by atoms with Gasteiger partial charge in [-0.15, -0.1) is 0 Å². The van der Waals surface area contributed by atoms with Gasteiger partial charge in [-0.3, -0.25) is 0 Å². The van der Waals surface area contributed by atoms with Crippen molar-refractivity contribution in [2.75, 3.05) is 0 Å². The molecule has 0 aliphatic heterocycles. The van der Waals surface area contributed by atoms with Crippen LogP contribution >= 0.6 is 0 Å². The van der Waals surface area contributed by atoms with Crippen LogP contribution in [0.5, 0.6) is 0 Å². The van der Waals surface area contributed by atoms with Crippen molar-refractivity contribution >= 4 is 0 Å². The predicted octanol–water partition coefficient (Wildman–Crippen LogP) is 3.49. The van der Waals surface area contributed by atoms with Gasteiger partial charge in [0.1, 0.15) is 0 Å². The van der Waals surface area contributed by atoms with Crippen molar-refractivity contribution in [1.29, 1.82) is 0 Å². The molecule has 0 spiro atoms. The van der Waals surface area contributed by atoms with Crippen LogP contribution in [-0.2, 0) is 17.3 Å². The van der Waals surface area contributed by atoms with Gasteiger partial charge in [-0.25, -0.2) is 0 Å². The van der Waals surface area contributed by atoms with E-state index in [1.165, 1.54) is 6.42 Å². The van der Waals surface area contributed by atoms with Gasteiger partial charge >= 0.3 is 75.1 Å². The normalized spacial score (nSPS) is 19.5. The summed E-state index contributed by atoms with van der Waals surface area (Å²) in [5.74, 6) is 0. The van der Waals surface area contributed by atoms with Crippen LogP contribution in [0.2, 0.25) is 9.62 Å². The van der Waals surface area contributed by atoms with E-state index in [2.05, 4.69) is 43.1 Å². The molecule has 1 heteroatoms. The second-order valence-corrected chi connectivity index (χ2v) is 9.13. The zero-order chi connectivity index (χ0) is 8.27. The maximum atomic E-state index is 3.84. The van der Waals surface area contributed by atoms with E-state index < -0.39 is 17.3 Å². The Morgan fingerprint density at radius 2 is 2.45 bits per heavy atom. The molecule has 0 aromatic carbocycles. The number of rotatable bonds is 3. The molecule has 0 aromatic rings. The summed E-state index contributed by atoms with van der Waals surface area (Å²) in [7, 11) is 0. The second-order valence-electron chi connectivity index (χ2n) is 2.50. The van der Waals surface area contributed by atoms with Crippen molar-refractivity contribution < 1.29 is 17.3 Å². The summed E-state index contributed by atoms with van der Waals surface area (Å²) in [6.07, 6.45) is 10.0. The quantitative estimate of drug-likeness (QED) is 0.695. The van der Waals surface area contributed by atoms with Gasteiger partial charge in [0, 0.05) is 0 Å². The van der Waals surface area contributed by atoms with E-state index >= 15 is 0 Å². The first-order valence-corrected chi connectivity index (χ1v) is 8.41. The van der Waals surface area contributed by atoms with Crippen molar-refractivity contribution in [3.05, 3.63) is 34.8 Å². The van der Waals surface area contributed by atoms with E-state index in [1.807, 2.05) is 0 Å². The third kappa shape index (κ3) is 2.17. The summed E-state index contributed by atoms with van der Waals surface area (Å²) in [4.78, 5) is 0. The Bertz CT molecular complexity index is 201. The fourth-order valence-electron chi connectivity index (χ4n) is 0.890. The third-order valence-corrected chi connectivity index (χ3v) is 8.55. The average molecular weight is 330 g/mol. The second kappa shape index (κ2) is 4.06. The molecule has 1 aliphatic carbocycles. The van der Waals surface area contributed by atoms with Gasteiger partial charge in [-0.2, -0.15) is 0 Å². The van der Waals surface area contributed by atoms with E-state index in [0.717, 1.165) is 4.31 Å². The fraction of sp³-hybridized carbons (Fsp3) is 0.400. The number of allylic oxidation sites excluding steroid dienone is 5. The average Bonchev–Trinajstić information content (AvgIpc) is 2.53. The molecular weight excluding hydrogens is 315 g/mol. The summed E-state index contributed by atoms with van der Waals surface area (Å²) in [6.45, 7) is 6.13. The van der Waals surface area contributed by atoms with Crippen LogP contribution in [0.1, 0.15) is 13.3 Å². The molecule has 0 heterocycles. The van der Waals surface area contributed by atoms with Crippen LogP contribution in [-0.4, -0.2) is 0 Å². The Labute approximate surface area is 75.3 Å². The van der Waals surface area contributed by atoms with E-state index in [-0.39, 0.29) is 0 Å². The molecule has 1 aliphatic rings. The van der Waals surface area contributed by atoms with Gasteiger partial charge in [0.2, 0.25) is 0 Å². The van der Waals surface area contributed by atoms with Crippen LogP contribution in [0.15, 0.2) is 34.8 Å². The molecule has 0 aromatic heterocycles. The molecule has 0 nitrogen and oxygen atoms in total. The molecule has 0 saturated carbocycles. The van der Waals surface area contributed by atoms with Crippen LogP contribution in [0, 0.1) is 0 Å². The molecule has 1 atom stereocenters. The van der Waals surface area contributed by atoms with Crippen LogP contribution in [0.25, 0.3) is 0 Å². The molecule has 1 rings (SSSR count). The summed E-state index contributed by atoms with van der Waals surface area (Å²) in [5.41, 5.74) is 0. The zero-order valence-electron chi connectivity index (χ0n) is 7.12. The first kappa shape index (κ1) is 9.00. The first-order valence-electron chi connectivity index (χ1n) is 3.69. The van der Waals surface area contributed by atoms with E-state index in [9.17, 15) is 0 Å². The van der Waals surface area contributed by atoms with E-state index in [0.29, 0.717) is 0 Å². The molecule has 65 valence electrons. The van der Waals surface area contributed by atoms with Crippen molar-refractivity contribution in [3.63, 3.8) is 0 Å². The Balaban J connectivity index is 2.54. The Hall–Kier alpha value is -0.0917. The Kier molecular flexibility index (Phi) is 3.33. The minimum atomic E-state index is -0.845. The molecular formula is C10H15Pt. The molecule has 0 amide bonds. The van der Waals surface area contributed by atoms with Crippen molar-refractivity contribution in [2.45, 2.75) is 23.0 Å². The van der Waals surface area contributed by atoms with Gasteiger partial charge in [-0.1, -0.05) is 0 Å². The van der Waals surface area contributed by atoms with Gasteiger partial charge in [-0.05, 0) is 0 Å². The summed E-state index contributed by atoms with van der Waals surface area (Å²) in [6, 6.07) is 0. The number of hydrogen-bond acceptors (Lipinski definition) is 0.